The highest BCUT2D eigenvalue weighted by atomic mass is 16.4. The number of carboxylic acid groups (broad SMARTS) is 2. The van der Waals surface area contributed by atoms with Gasteiger partial charge < -0.3 is 14.6 Å². The molecule has 0 radical (unpaired) electrons. The molecule has 0 amide bonds. The highest BCUT2D eigenvalue weighted by Crippen LogP contribution is 2.18. The summed E-state index contributed by atoms with van der Waals surface area (Å²) in [6.07, 6.45) is 2.90. The van der Waals surface area contributed by atoms with Gasteiger partial charge in [0.25, 0.3) is 0 Å². The van der Waals surface area contributed by atoms with Gasteiger partial charge in [-0.05, 0) is 12.1 Å². The van der Waals surface area contributed by atoms with E-state index in [1.54, 1.807) is 24.4 Å². The third-order valence-corrected chi connectivity index (χ3v) is 2.13. The summed E-state index contributed by atoms with van der Waals surface area (Å²) < 4.78 is 1.48. The van der Waals surface area contributed by atoms with E-state index in [4.69, 9.17) is 10.2 Å². The first kappa shape index (κ1) is 9.26. The van der Waals surface area contributed by atoms with Crippen molar-refractivity contribution in [3.63, 3.8) is 0 Å². The van der Waals surface area contributed by atoms with Gasteiger partial charge in [0.1, 0.15) is 0 Å². The van der Waals surface area contributed by atoms with Crippen molar-refractivity contribution < 1.29 is 19.8 Å². The van der Waals surface area contributed by atoms with Crippen molar-refractivity contribution in [2.24, 2.45) is 0 Å². The van der Waals surface area contributed by atoms with Crippen molar-refractivity contribution in [2.75, 3.05) is 0 Å². The van der Waals surface area contributed by atoms with Crippen molar-refractivity contribution in [3.8, 4) is 0 Å². The summed E-state index contributed by atoms with van der Waals surface area (Å²) in [7, 11) is 0. The standard InChI is InChI=1S/C10H7NO4/c12-9(13)6-5-11-4-2-1-3-7(11)8(6)10(14)15/h1-5H,(H,12,13)(H,14,15). The molecule has 0 aliphatic carbocycles. The highest BCUT2D eigenvalue weighted by Gasteiger charge is 2.21. The summed E-state index contributed by atoms with van der Waals surface area (Å²) in [5.74, 6) is -2.47. The molecule has 2 rings (SSSR count). The van der Waals surface area contributed by atoms with Crippen LogP contribution in [0.1, 0.15) is 20.7 Å². The Morgan fingerprint density at radius 2 is 1.87 bits per heavy atom. The molecule has 0 fully saturated rings. The van der Waals surface area contributed by atoms with Gasteiger partial charge in [-0.15, -0.1) is 0 Å². The monoisotopic (exact) mass is 205 g/mol. The summed E-state index contributed by atoms with van der Waals surface area (Å²) in [6.45, 7) is 0. The third-order valence-electron chi connectivity index (χ3n) is 2.13. The van der Waals surface area contributed by atoms with Gasteiger partial charge >= 0.3 is 11.9 Å². The molecule has 0 unspecified atom stereocenters. The summed E-state index contributed by atoms with van der Waals surface area (Å²) in [6, 6.07) is 4.92. The van der Waals surface area contributed by atoms with Gasteiger partial charge in [-0.2, -0.15) is 0 Å². The molecule has 15 heavy (non-hydrogen) atoms. The van der Waals surface area contributed by atoms with E-state index in [1.807, 2.05) is 0 Å². The largest absolute Gasteiger partial charge is 0.478 e. The number of hydrogen-bond acceptors (Lipinski definition) is 2. The van der Waals surface area contributed by atoms with Crippen LogP contribution in [0.4, 0.5) is 0 Å². The molecule has 0 aromatic carbocycles. The normalized spacial score (nSPS) is 10.4. The molecular weight excluding hydrogens is 198 g/mol. The molecule has 2 N–H and O–H groups in total. The van der Waals surface area contributed by atoms with Crippen LogP contribution in [0, 0.1) is 0 Å². The second-order valence-corrected chi connectivity index (χ2v) is 3.02. The molecule has 0 aliphatic heterocycles. The van der Waals surface area contributed by atoms with E-state index in [9.17, 15) is 9.59 Å². The smallest absolute Gasteiger partial charge is 0.338 e. The average Bonchev–Trinajstić information content (AvgIpc) is 2.56. The zero-order valence-electron chi connectivity index (χ0n) is 7.54. The fraction of sp³-hybridized carbons (Fsp3) is 0. The average molecular weight is 205 g/mol. The first-order valence-corrected chi connectivity index (χ1v) is 4.17. The molecule has 0 aliphatic rings. The van der Waals surface area contributed by atoms with Crippen LogP contribution < -0.4 is 0 Å². The zero-order chi connectivity index (χ0) is 11.0. The molecule has 2 aromatic heterocycles. The van der Waals surface area contributed by atoms with Gasteiger partial charge in [0, 0.05) is 12.4 Å². The van der Waals surface area contributed by atoms with E-state index < -0.39 is 11.9 Å². The van der Waals surface area contributed by atoms with E-state index in [1.165, 1.54) is 10.6 Å². The maximum atomic E-state index is 10.9. The van der Waals surface area contributed by atoms with Crippen LogP contribution in [-0.2, 0) is 0 Å². The van der Waals surface area contributed by atoms with E-state index in [0.717, 1.165) is 0 Å². The number of hydrogen-bond donors (Lipinski definition) is 2. The van der Waals surface area contributed by atoms with Gasteiger partial charge in [0.15, 0.2) is 0 Å². The lowest BCUT2D eigenvalue weighted by Gasteiger charge is -1.94. The summed E-state index contributed by atoms with van der Waals surface area (Å²) in [5.41, 5.74) is -0.000741. The molecule has 0 saturated carbocycles. The maximum absolute atomic E-state index is 10.9. The van der Waals surface area contributed by atoms with Crippen LogP contribution in [-0.4, -0.2) is 26.6 Å². The lowest BCUT2D eigenvalue weighted by Crippen LogP contribution is -2.04. The van der Waals surface area contributed by atoms with Crippen LogP contribution in [0.15, 0.2) is 30.6 Å². The third kappa shape index (κ3) is 1.34. The second kappa shape index (κ2) is 3.13. The topological polar surface area (TPSA) is 79.0 Å². The molecule has 5 heteroatoms. The first-order valence-electron chi connectivity index (χ1n) is 4.17. The van der Waals surface area contributed by atoms with Gasteiger partial charge in [-0.3, -0.25) is 0 Å². The Morgan fingerprint density at radius 3 is 2.47 bits per heavy atom. The predicted molar refractivity (Wildman–Crippen MR) is 51.3 cm³/mol. The number of aromatic carboxylic acids is 2. The van der Waals surface area contributed by atoms with Crippen molar-refractivity contribution in [1.82, 2.24) is 4.40 Å². The van der Waals surface area contributed by atoms with Gasteiger partial charge in [-0.1, -0.05) is 6.07 Å². The highest BCUT2D eigenvalue weighted by molar-refractivity contribution is 6.07. The number of carbonyl (C=O) groups is 2. The lowest BCUT2D eigenvalue weighted by molar-refractivity contribution is 0.0654. The number of pyridine rings is 1. The second-order valence-electron chi connectivity index (χ2n) is 3.02. The molecule has 2 heterocycles. The van der Waals surface area contributed by atoms with Crippen LogP contribution in [0.2, 0.25) is 0 Å². The summed E-state index contributed by atoms with van der Waals surface area (Å²) in [5, 5.41) is 17.8. The number of fused-ring (bicyclic) bond motifs is 1. The van der Waals surface area contributed by atoms with Crippen LogP contribution in [0.5, 0.6) is 0 Å². The minimum atomic E-state index is -1.24. The molecule has 2 aromatic rings. The Bertz CT molecular complexity index is 556. The van der Waals surface area contributed by atoms with E-state index in [2.05, 4.69) is 0 Å². The minimum absolute atomic E-state index is 0.178. The van der Waals surface area contributed by atoms with E-state index in [0.29, 0.717) is 5.52 Å². The van der Waals surface area contributed by atoms with Gasteiger partial charge in [0.05, 0.1) is 16.6 Å². The molecule has 0 bridgehead atoms. The summed E-state index contributed by atoms with van der Waals surface area (Å²) in [4.78, 5) is 21.7. The lowest BCUT2D eigenvalue weighted by atomic mass is 10.1. The Hall–Kier alpha value is -2.30. The molecule has 0 spiro atoms. The number of carboxylic acids is 2. The first-order chi connectivity index (χ1) is 7.11. The Balaban J connectivity index is 2.86. The van der Waals surface area contributed by atoms with E-state index >= 15 is 0 Å². The van der Waals surface area contributed by atoms with Crippen LogP contribution >= 0.6 is 0 Å². The SMILES string of the molecule is O=C(O)c1cn2ccccc2c1C(=O)O. The Morgan fingerprint density at radius 1 is 1.13 bits per heavy atom. The molecular formula is C10H7NO4. The van der Waals surface area contributed by atoms with Gasteiger partial charge in [-0.25, -0.2) is 9.59 Å². The van der Waals surface area contributed by atoms with Gasteiger partial charge in [0.2, 0.25) is 0 Å². The summed E-state index contributed by atoms with van der Waals surface area (Å²) >= 11 is 0. The Labute approximate surface area is 84.2 Å². The zero-order valence-corrected chi connectivity index (χ0v) is 7.54. The van der Waals surface area contributed by atoms with Crippen LogP contribution in [0.25, 0.3) is 5.52 Å². The van der Waals surface area contributed by atoms with Crippen molar-refractivity contribution in [1.29, 1.82) is 0 Å². The fourth-order valence-electron chi connectivity index (χ4n) is 1.51. The van der Waals surface area contributed by atoms with Crippen molar-refractivity contribution >= 4 is 17.5 Å². The number of nitrogens with zero attached hydrogens (tertiary/aromatic N) is 1. The van der Waals surface area contributed by atoms with Crippen LogP contribution in [0.3, 0.4) is 0 Å². The fourth-order valence-corrected chi connectivity index (χ4v) is 1.51. The number of aromatic nitrogens is 1. The Kier molecular flexibility index (Phi) is 1.93. The van der Waals surface area contributed by atoms with E-state index in [-0.39, 0.29) is 11.1 Å². The molecule has 5 nitrogen and oxygen atoms in total. The molecule has 0 saturated heterocycles. The van der Waals surface area contributed by atoms with Crippen molar-refractivity contribution in [2.45, 2.75) is 0 Å². The molecule has 76 valence electrons. The quantitative estimate of drug-likeness (QED) is 0.775. The van der Waals surface area contributed by atoms with Crippen molar-refractivity contribution in [3.05, 3.63) is 41.7 Å². The maximum Gasteiger partial charge on any atom is 0.338 e. The molecule has 0 atom stereocenters. The number of rotatable bonds is 2. The predicted octanol–water partition coefficient (Wildman–Crippen LogP) is 1.34. The minimum Gasteiger partial charge on any atom is -0.478 e.